The average Bonchev–Trinajstić information content (AvgIpc) is 2.78. The number of allylic oxidation sites excluding steroid dienone is 2. The minimum atomic E-state index is -5.20. The van der Waals surface area contributed by atoms with E-state index >= 15 is 0 Å². The smallest absolute Gasteiger partial charge is 0.420 e. The zero-order chi connectivity index (χ0) is 27.5. The van der Waals surface area contributed by atoms with Gasteiger partial charge in [0, 0.05) is 25.5 Å². The van der Waals surface area contributed by atoms with Gasteiger partial charge in [-0.25, -0.2) is 4.39 Å². The van der Waals surface area contributed by atoms with Crippen molar-refractivity contribution in [3.63, 3.8) is 0 Å². The lowest BCUT2D eigenvalue weighted by molar-refractivity contribution is -0.144. The summed E-state index contributed by atoms with van der Waals surface area (Å²) in [5.74, 6) is -1.10. The third kappa shape index (κ3) is 6.84. The number of dihydropyridines is 1. The van der Waals surface area contributed by atoms with Crippen LogP contribution in [-0.4, -0.2) is 54.1 Å². The molecule has 0 aliphatic carbocycles. The number of nitrogens with zero attached hydrogens (tertiary/aromatic N) is 2. The highest BCUT2D eigenvalue weighted by Crippen LogP contribution is 2.46. The van der Waals surface area contributed by atoms with Crippen LogP contribution in [0, 0.1) is 0 Å². The highest BCUT2D eigenvalue weighted by Gasteiger charge is 2.42. The van der Waals surface area contributed by atoms with Crippen LogP contribution in [0.15, 0.2) is 48.3 Å². The van der Waals surface area contributed by atoms with E-state index < -0.39 is 59.6 Å². The standard InChI is InChI=1S/C22H24F7N5O2S/c1-12-16(23)3-4-18(32-12)33-5-6-34(20(37)31-10-14(35)9-30-2)17-8-13(21(24,25)26)7-15(22(27,28)29)19(17)36-11-33/h3-8,12,14,30,32,35H,9-11H2,1-2H3,(H,31,37)/b6-5+. The van der Waals surface area contributed by atoms with Crippen LogP contribution < -0.4 is 25.6 Å². The zero-order valence-electron chi connectivity index (χ0n) is 19.5. The fourth-order valence-electron chi connectivity index (χ4n) is 3.47. The third-order valence-corrected chi connectivity index (χ3v) is 5.68. The van der Waals surface area contributed by atoms with E-state index in [0.29, 0.717) is 6.07 Å². The molecule has 0 bridgehead atoms. The molecule has 0 amide bonds. The van der Waals surface area contributed by atoms with Gasteiger partial charge in [-0.15, -0.1) is 0 Å². The summed E-state index contributed by atoms with van der Waals surface area (Å²) in [5, 5.41) is 17.8. The molecular formula is C22H24F7N5O2S. The van der Waals surface area contributed by atoms with Crippen LogP contribution in [0.4, 0.5) is 36.4 Å². The van der Waals surface area contributed by atoms with Gasteiger partial charge in [-0.1, -0.05) is 0 Å². The van der Waals surface area contributed by atoms with Gasteiger partial charge in [0.1, 0.15) is 17.2 Å². The molecule has 1 aromatic carbocycles. The minimum Gasteiger partial charge on any atom is -0.470 e. The molecule has 0 saturated carbocycles. The number of likely N-dealkylation sites (N-methyl/N-ethyl adjacent to an activating group) is 1. The average molecular weight is 556 g/mol. The number of hydrogen-bond donors (Lipinski definition) is 4. The number of thiocarbonyl (C=S) groups is 1. The first-order chi connectivity index (χ1) is 17.2. The topological polar surface area (TPSA) is 72.0 Å². The second kappa shape index (κ2) is 11.1. The molecule has 204 valence electrons. The SMILES string of the molecule is CNCC(O)CNC(=S)N1/C=C/N(C2=CC=C(F)C(C)N2)COc2c1cc(C(F)(F)F)cc2C(F)(F)F. The number of aliphatic hydroxyl groups excluding tert-OH is 1. The van der Waals surface area contributed by atoms with Gasteiger partial charge in [0.2, 0.25) is 0 Å². The normalized spacial score (nSPS) is 19.9. The van der Waals surface area contributed by atoms with E-state index in [-0.39, 0.29) is 30.1 Å². The van der Waals surface area contributed by atoms with Crippen molar-refractivity contribution in [2.45, 2.75) is 31.4 Å². The first kappa shape index (κ1) is 28.5. The molecular weight excluding hydrogens is 531 g/mol. The van der Waals surface area contributed by atoms with Gasteiger partial charge in [0.15, 0.2) is 17.6 Å². The van der Waals surface area contributed by atoms with Crippen molar-refractivity contribution in [2.75, 3.05) is 31.8 Å². The second-order valence-corrected chi connectivity index (χ2v) is 8.53. The molecule has 7 nitrogen and oxygen atoms in total. The molecule has 2 aliphatic heterocycles. The maximum absolute atomic E-state index is 13.9. The number of fused-ring (bicyclic) bond motifs is 1. The Morgan fingerprint density at radius 1 is 1.16 bits per heavy atom. The van der Waals surface area contributed by atoms with E-state index in [0.717, 1.165) is 11.1 Å². The zero-order valence-corrected chi connectivity index (χ0v) is 20.4. The Kier molecular flexibility index (Phi) is 8.59. The lowest BCUT2D eigenvalue weighted by atomic mass is 10.1. The molecule has 1 aromatic rings. The van der Waals surface area contributed by atoms with Crippen molar-refractivity contribution in [1.82, 2.24) is 20.9 Å². The lowest BCUT2D eigenvalue weighted by Gasteiger charge is -2.34. The summed E-state index contributed by atoms with van der Waals surface area (Å²) >= 11 is 5.27. The molecule has 4 N–H and O–H groups in total. The molecule has 3 rings (SSSR count). The van der Waals surface area contributed by atoms with Crippen LogP contribution >= 0.6 is 12.2 Å². The maximum atomic E-state index is 13.9. The monoisotopic (exact) mass is 555 g/mol. The fourth-order valence-corrected chi connectivity index (χ4v) is 3.71. The summed E-state index contributed by atoms with van der Waals surface area (Å²) < 4.78 is 102. The highest BCUT2D eigenvalue weighted by atomic mass is 32.1. The number of anilines is 1. The molecule has 0 spiro atoms. The van der Waals surface area contributed by atoms with Crippen molar-refractivity contribution >= 4 is 23.0 Å². The number of halogens is 7. The number of rotatable bonds is 5. The van der Waals surface area contributed by atoms with Gasteiger partial charge in [0.05, 0.1) is 23.4 Å². The van der Waals surface area contributed by atoms with Gasteiger partial charge < -0.3 is 25.8 Å². The first-order valence-corrected chi connectivity index (χ1v) is 11.3. The summed E-state index contributed by atoms with van der Waals surface area (Å²) in [6.07, 6.45) is -6.30. The Hall–Kier alpha value is -3.04. The minimum absolute atomic E-state index is 0.0296. The molecule has 15 heteroatoms. The molecule has 2 unspecified atom stereocenters. The maximum Gasteiger partial charge on any atom is 0.420 e. The van der Waals surface area contributed by atoms with Crippen molar-refractivity contribution in [3.05, 3.63) is 59.5 Å². The van der Waals surface area contributed by atoms with E-state index in [1.807, 2.05) is 0 Å². The number of benzene rings is 1. The predicted octanol–water partition coefficient (Wildman–Crippen LogP) is 3.80. The highest BCUT2D eigenvalue weighted by molar-refractivity contribution is 7.80. The van der Waals surface area contributed by atoms with E-state index in [9.17, 15) is 35.8 Å². The Morgan fingerprint density at radius 3 is 2.46 bits per heavy atom. The number of ether oxygens (including phenoxy) is 1. The van der Waals surface area contributed by atoms with Crippen LogP contribution in [0.2, 0.25) is 0 Å². The molecule has 2 heterocycles. The molecule has 0 saturated heterocycles. The Labute approximate surface area is 213 Å². The van der Waals surface area contributed by atoms with E-state index in [1.54, 1.807) is 7.05 Å². The van der Waals surface area contributed by atoms with Gasteiger partial charge in [0.25, 0.3) is 0 Å². The van der Waals surface area contributed by atoms with Crippen LogP contribution in [0.25, 0.3) is 0 Å². The number of alkyl halides is 6. The third-order valence-electron chi connectivity index (χ3n) is 5.34. The van der Waals surface area contributed by atoms with Crippen molar-refractivity contribution in [3.8, 4) is 5.75 Å². The summed E-state index contributed by atoms with van der Waals surface area (Å²) in [4.78, 5) is 2.18. The van der Waals surface area contributed by atoms with Crippen molar-refractivity contribution < 1.29 is 40.6 Å². The Balaban J connectivity index is 2.11. The van der Waals surface area contributed by atoms with Crippen molar-refractivity contribution in [1.29, 1.82) is 0 Å². The molecule has 37 heavy (non-hydrogen) atoms. The van der Waals surface area contributed by atoms with Gasteiger partial charge in [-0.3, -0.25) is 9.80 Å². The number of hydrogen-bond acceptors (Lipinski definition) is 6. The van der Waals surface area contributed by atoms with Gasteiger partial charge in [-0.2, -0.15) is 26.3 Å². The van der Waals surface area contributed by atoms with E-state index in [2.05, 4.69) is 16.0 Å². The summed E-state index contributed by atoms with van der Waals surface area (Å²) in [7, 11) is 1.58. The lowest BCUT2D eigenvalue weighted by Crippen LogP contribution is -2.44. The largest absolute Gasteiger partial charge is 0.470 e. The van der Waals surface area contributed by atoms with Crippen LogP contribution in [0.1, 0.15) is 18.1 Å². The van der Waals surface area contributed by atoms with Crippen molar-refractivity contribution in [2.24, 2.45) is 0 Å². The van der Waals surface area contributed by atoms with Crippen LogP contribution in [0.3, 0.4) is 0 Å². The predicted molar refractivity (Wildman–Crippen MR) is 126 cm³/mol. The molecule has 0 aromatic heterocycles. The molecule has 0 fully saturated rings. The molecule has 0 radical (unpaired) electrons. The number of aliphatic hydroxyl groups is 1. The number of nitrogens with one attached hydrogen (secondary N) is 3. The van der Waals surface area contributed by atoms with Gasteiger partial charge in [-0.05, 0) is 50.5 Å². The molecule has 2 aliphatic rings. The second-order valence-electron chi connectivity index (χ2n) is 8.15. The summed E-state index contributed by atoms with van der Waals surface area (Å²) in [6, 6.07) is -0.266. The van der Waals surface area contributed by atoms with Crippen LogP contribution in [-0.2, 0) is 12.4 Å². The van der Waals surface area contributed by atoms with E-state index in [1.165, 1.54) is 30.2 Å². The van der Waals surface area contributed by atoms with E-state index in [4.69, 9.17) is 17.0 Å². The fraction of sp³-hybridized carbons (Fsp3) is 0.409. The molecule has 2 atom stereocenters. The first-order valence-electron chi connectivity index (χ1n) is 10.9. The summed E-state index contributed by atoms with van der Waals surface area (Å²) in [6.45, 7) is 0.972. The Morgan fingerprint density at radius 2 is 1.86 bits per heavy atom. The Bertz CT molecular complexity index is 1100. The van der Waals surface area contributed by atoms with Crippen LogP contribution in [0.5, 0.6) is 5.75 Å². The quantitative estimate of drug-likeness (QED) is 0.323. The summed E-state index contributed by atoms with van der Waals surface area (Å²) in [5.41, 5.74) is -3.81. The van der Waals surface area contributed by atoms with Gasteiger partial charge >= 0.3 is 12.4 Å².